The van der Waals surface area contributed by atoms with Gasteiger partial charge in [-0.1, -0.05) is 35.3 Å². The fourth-order valence-corrected chi connectivity index (χ4v) is 3.66. The quantitative estimate of drug-likeness (QED) is 0.701. The van der Waals surface area contributed by atoms with Crippen LogP contribution in [0, 0.1) is 0 Å². The van der Waals surface area contributed by atoms with Gasteiger partial charge in [-0.25, -0.2) is 13.1 Å². The molecule has 0 aromatic heterocycles. The molecule has 2 aromatic carbocycles. The lowest BCUT2D eigenvalue weighted by molar-refractivity contribution is 0.320. The topological polar surface area (TPSA) is 64.6 Å². The Bertz CT molecular complexity index is 796. The summed E-state index contributed by atoms with van der Waals surface area (Å²) in [6.07, 6.45) is 0. The molecule has 130 valence electrons. The molecule has 0 spiro atoms. The molecule has 24 heavy (non-hydrogen) atoms. The van der Waals surface area contributed by atoms with Crippen molar-refractivity contribution in [2.24, 2.45) is 0 Å². The first-order valence-corrected chi connectivity index (χ1v) is 9.48. The molecule has 0 aliphatic carbocycles. The molecule has 2 aromatic rings. The number of hydrogen-bond donors (Lipinski definition) is 1. The molecule has 0 amide bonds. The maximum atomic E-state index is 12.1. The summed E-state index contributed by atoms with van der Waals surface area (Å²) in [5.41, 5.74) is 0.488. The van der Waals surface area contributed by atoms with Gasteiger partial charge < -0.3 is 9.47 Å². The van der Waals surface area contributed by atoms with Gasteiger partial charge in [0, 0.05) is 22.7 Å². The lowest BCUT2D eigenvalue weighted by atomic mass is 10.2. The van der Waals surface area contributed by atoms with Crippen LogP contribution in [0.15, 0.2) is 42.5 Å². The molecule has 0 atom stereocenters. The average Bonchev–Trinajstić information content (AvgIpc) is 2.54. The van der Waals surface area contributed by atoms with E-state index in [9.17, 15) is 8.42 Å². The third-order valence-electron chi connectivity index (χ3n) is 3.09. The average molecular weight is 390 g/mol. The minimum Gasteiger partial charge on any atom is -0.497 e. The van der Waals surface area contributed by atoms with Crippen LogP contribution in [0.4, 0.5) is 0 Å². The molecule has 0 heterocycles. The molecule has 0 radical (unpaired) electrons. The zero-order chi connectivity index (χ0) is 17.6. The molecule has 0 saturated heterocycles. The highest BCUT2D eigenvalue weighted by Crippen LogP contribution is 2.22. The summed E-state index contributed by atoms with van der Waals surface area (Å²) >= 11 is 11.8. The smallest absolute Gasteiger partial charge is 0.215 e. The first kappa shape index (κ1) is 18.9. The molecular formula is C16H17Cl2NO4S. The van der Waals surface area contributed by atoms with E-state index >= 15 is 0 Å². The summed E-state index contributed by atoms with van der Waals surface area (Å²) in [5, 5.41) is 0.779. The van der Waals surface area contributed by atoms with Crippen LogP contribution >= 0.6 is 23.2 Å². The Labute approximate surface area is 151 Å². The summed E-state index contributed by atoms with van der Waals surface area (Å²) in [5.74, 6) is 1.06. The van der Waals surface area contributed by atoms with Gasteiger partial charge in [-0.2, -0.15) is 0 Å². The van der Waals surface area contributed by atoms with Crippen molar-refractivity contribution >= 4 is 33.2 Å². The molecular weight excluding hydrogens is 373 g/mol. The first-order valence-electron chi connectivity index (χ1n) is 7.08. The van der Waals surface area contributed by atoms with E-state index in [0.29, 0.717) is 27.1 Å². The Morgan fingerprint density at radius 3 is 2.54 bits per heavy atom. The van der Waals surface area contributed by atoms with Gasteiger partial charge in [0.15, 0.2) is 0 Å². The molecule has 0 aliphatic heterocycles. The molecule has 1 N–H and O–H groups in total. The molecule has 0 saturated carbocycles. The van der Waals surface area contributed by atoms with Crippen LogP contribution in [0.5, 0.6) is 11.5 Å². The number of benzene rings is 2. The van der Waals surface area contributed by atoms with Crippen LogP contribution in [-0.2, 0) is 15.8 Å². The SMILES string of the molecule is COc1cccc(OCCNS(=O)(=O)Cc2ccc(Cl)cc2Cl)c1. The second-order valence-corrected chi connectivity index (χ2v) is 7.57. The third kappa shape index (κ3) is 5.87. The van der Waals surface area contributed by atoms with E-state index in [1.165, 1.54) is 6.07 Å². The standard InChI is InChI=1S/C16H17Cl2NO4S/c1-22-14-3-2-4-15(10-14)23-8-7-19-24(20,21)11-12-5-6-13(17)9-16(12)18/h2-6,9-10,19H,7-8,11H2,1H3. The van der Waals surface area contributed by atoms with E-state index in [0.717, 1.165) is 0 Å². The van der Waals surface area contributed by atoms with Crippen LogP contribution in [0.3, 0.4) is 0 Å². The van der Waals surface area contributed by atoms with Crippen molar-refractivity contribution < 1.29 is 17.9 Å². The predicted octanol–water partition coefficient (Wildman–Crippen LogP) is 3.50. The lowest BCUT2D eigenvalue weighted by Crippen LogP contribution is -2.29. The molecule has 2 rings (SSSR count). The monoisotopic (exact) mass is 389 g/mol. The van der Waals surface area contributed by atoms with Crippen molar-refractivity contribution in [1.29, 1.82) is 0 Å². The van der Waals surface area contributed by atoms with Crippen LogP contribution in [0.1, 0.15) is 5.56 Å². The zero-order valence-electron chi connectivity index (χ0n) is 13.0. The molecule has 8 heteroatoms. The van der Waals surface area contributed by atoms with Crippen molar-refractivity contribution in [2.45, 2.75) is 5.75 Å². The first-order chi connectivity index (χ1) is 11.4. The second kappa shape index (κ2) is 8.58. The van der Waals surface area contributed by atoms with Gasteiger partial charge in [0.25, 0.3) is 0 Å². The maximum Gasteiger partial charge on any atom is 0.215 e. The number of halogens is 2. The van der Waals surface area contributed by atoms with Crippen molar-refractivity contribution in [1.82, 2.24) is 4.72 Å². The molecule has 5 nitrogen and oxygen atoms in total. The van der Waals surface area contributed by atoms with E-state index in [1.54, 1.807) is 43.5 Å². The van der Waals surface area contributed by atoms with Gasteiger partial charge in [0.1, 0.15) is 18.1 Å². The van der Waals surface area contributed by atoms with Gasteiger partial charge >= 0.3 is 0 Å². The second-order valence-electron chi connectivity index (χ2n) is 4.92. The third-order valence-corrected chi connectivity index (χ3v) is 5.02. The van der Waals surface area contributed by atoms with Crippen molar-refractivity contribution in [3.05, 3.63) is 58.1 Å². The Balaban J connectivity index is 1.84. The summed E-state index contributed by atoms with van der Waals surface area (Å²) in [4.78, 5) is 0. The fourth-order valence-electron chi connectivity index (χ4n) is 1.95. The number of sulfonamides is 1. The van der Waals surface area contributed by atoms with Crippen molar-refractivity contribution in [3.63, 3.8) is 0 Å². The minimum absolute atomic E-state index is 0.144. The van der Waals surface area contributed by atoms with Gasteiger partial charge in [0.2, 0.25) is 10.0 Å². The summed E-state index contributed by atoms with van der Waals surface area (Å²) in [7, 11) is -1.95. The number of rotatable bonds is 8. The fraction of sp³-hybridized carbons (Fsp3) is 0.250. The molecule has 0 fully saturated rings. The highest BCUT2D eigenvalue weighted by atomic mass is 35.5. The highest BCUT2D eigenvalue weighted by molar-refractivity contribution is 7.88. The van der Waals surface area contributed by atoms with Crippen LogP contribution < -0.4 is 14.2 Å². The van der Waals surface area contributed by atoms with E-state index in [-0.39, 0.29) is 18.9 Å². The minimum atomic E-state index is -3.52. The molecule has 0 unspecified atom stereocenters. The van der Waals surface area contributed by atoms with E-state index in [1.807, 2.05) is 0 Å². The van der Waals surface area contributed by atoms with Gasteiger partial charge in [0.05, 0.1) is 12.9 Å². The van der Waals surface area contributed by atoms with E-state index in [4.69, 9.17) is 32.7 Å². The van der Waals surface area contributed by atoms with Crippen molar-refractivity contribution in [2.75, 3.05) is 20.3 Å². The summed E-state index contributed by atoms with van der Waals surface area (Å²) in [6, 6.07) is 11.8. The van der Waals surface area contributed by atoms with Crippen LogP contribution in [0.2, 0.25) is 10.0 Å². The van der Waals surface area contributed by atoms with Crippen LogP contribution in [-0.4, -0.2) is 28.7 Å². The normalized spacial score (nSPS) is 11.3. The summed E-state index contributed by atoms with van der Waals surface area (Å²) < 4.78 is 37.2. The van der Waals surface area contributed by atoms with E-state index in [2.05, 4.69) is 4.72 Å². The predicted molar refractivity (Wildman–Crippen MR) is 95.6 cm³/mol. The molecule has 0 bridgehead atoms. The van der Waals surface area contributed by atoms with E-state index < -0.39 is 10.0 Å². The van der Waals surface area contributed by atoms with Crippen LogP contribution in [0.25, 0.3) is 0 Å². The maximum absolute atomic E-state index is 12.1. The zero-order valence-corrected chi connectivity index (χ0v) is 15.3. The Morgan fingerprint density at radius 2 is 1.83 bits per heavy atom. The number of hydrogen-bond acceptors (Lipinski definition) is 4. The van der Waals surface area contributed by atoms with Gasteiger partial charge in [-0.05, 0) is 29.8 Å². The van der Waals surface area contributed by atoms with Gasteiger partial charge in [-0.15, -0.1) is 0 Å². The van der Waals surface area contributed by atoms with Gasteiger partial charge in [-0.3, -0.25) is 0 Å². The Kier molecular flexibility index (Phi) is 6.74. The van der Waals surface area contributed by atoms with Crippen molar-refractivity contribution in [3.8, 4) is 11.5 Å². The lowest BCUT2D eigenvalue weighted by Gasteiger charge is -2.10. The Hall–Kier alpha value is -1.47. The molecule has 0 aliphatic rings. The highest BCUT2D eigenvalue weighted by Gasteiger charge is 2.13. The number of ether oxygens (including phenoxy) is 2. The number of methoxy groups -OCH3 is 1. The summed E-state index contributed by atoms with van der Waals surface area (Å²) in [6.45, 7) is 0.339. The largest absolute Gasteiger partial charge is 0.497 e. The number of nitrogens with one attached hydrogen (secondary N) is 1. The Morgan fingerprint density at radius 1 is 1.08 bits per heavy atom.